The summed E-state index contributed by atoms with van der Waals surface area (Å²) < 4.78 is 29.2. The summed E-state index contributed by atoms with van der Waals surface area (Å²) in [5, 5.41) is 6.07. The molecule has 126 valence electrons. The van der Waals surface area contributed by atoms with Crippen LogP contribution in [0.1, 0.15) is 6.92 Å². The Bertz CT molecular complexity index is 536. The molecule has 0 fully saturated rings. The summed E-state index contributed by atoms with van der Waals surface area (Å²) >= 11 is 0. The minimum Gasteiger partial charge on any atom is -0.383 e. The molecule has 2 N–H and O–H groups in total. The average molecular weight is 441 g/mol. The fourth-order valence-electron chi connectivity index (χ4n) is 1.64. The number of hydrogen-bond acceptors (Lipinski definition) is 4. The Labute approximate surface area is 149 Å². The van der Waals surface area contributed by atoms with Gasteiger partial charge in [-0.25, -0.2) is 8.42 Å². The Balaban J connectivity index is 0.00000441. The second-order valence-electron chi connectivity index (χ2n) is 4.31. The molecule has 0 radical (unpaired) electrons. The monoisotopic (exact) mass is 441 g/mol. The highest BCUT2D eigenvalue weighted by molar-refractivity contribution is 14.0. The second kappa shape index (κ2) is 11.7. The van der Waals surface area contributed by atoms with Gasteiger partial charge < -0.3 is 15.4 Å². The minimum atomic E-state index is -3.27. The number of sulfone groups is 1. The van der Waals surface area contributed by atoms with E-state index in [9.17, 15) is 8.42 Å². The summed E-state index contributed by atoms with van der Waals surface area (Å²) in [7, 11) is -1.65. The van der Waals surface area contributed by atoms with Gasteiger partial charge in [-0.1, -0.05) is 18.2 Å². The van der Waals surface area contributed by atoms with Gasteiger partial charge in [0, 0.05) is 20.2 Å². The quantitative estimate of drug-likeness (QED) is 0.275. The van der Waals surface area contributed by atoms with Gasteiger partial charge >= 0.3 is 0 Å². The first kappa shape index (κ1) is 21.1. The number of nitrogens with one attached hydrogen (secondary N) is 2. The van der Waals surface area contributed by atoms with Gasteiger partial charge in [0.2, 0.25) is 0 Å². The molecular formula is C14H24IN3O3S. The third-order valence-corrected chi connectivity index (χ3v) is 4.41. The first-order valence-corrected chi connectivity index (χ1v) is 8.54. The van der Waals surface area contributed by atoms with Gasteiger partial charge in [-0.05, 0) is 19.1 Å². The van der Waals surface area contributed by atoms with Crippen molar-refractivity contribution in [3.63, 3.8) is 0 Å². The van der Waals surface area contributed by atoms with E-state index in [0.717, 1.165) is 0 Å². The molecule has 8 heteroatoms. The normalized spacial score (nSPS) is 11.6. The Hall–Kier alpha value is -0.870. The predicted octanol–water partition coefficient (Wildman–Crippen LogP) is 1.28. The summed E-state index contributed by atoms with van der Waals surface area (Å²) in [5.74, 6) is 0.615. The molecule has 0 aliphatic heterocycles. The second-order valence-corrected chi connectivity index (χ2v) is 6.42. The highest BCUT2D eigenvalue weighted by Crippen LogP contribution is 2.09. The van der Waals surface area contributed by atoms with E-state index >= 15 is 0 Å². The zero-order chi connectivity index (χ0) is 15.6. The largest absolute Gasteiger partial charge is 0.383 e. The van der Waals surface area contributed by atoms with Crippen molar-refractivity contribution in [2.45, 2.75) is 11.8 Å². The van der Waals surface area contributed by atoms with Gasteiger partial charge in [0.15, 0.2) is 15.8 Å². The van der Waals surface area contributed by atoms with Crippen LogP contribution in [-0.2, 0) is 14.6 Å². The molecule has 0 bridgehead atoms. The standard InChI is InChI=1S/C14H23N3O3S.HI/c1-3-15-14(16-9-11-20-2)17-10-12-21(18,19)13-7-5-4-6-8-13;/h4-8H,3,9-12H2,1-2H3,(H2,15,16,17);1H. The van der Waals surface area contributed by atoms with E-state index in [0.29, 0.717) is 37.1 Å². The van der Waals surface area contributed by atoms with Crippen LogP contribution in [0, 0.1) is 0 Å². The van der Waals surface area contributed by atoms with Crippen LogP contribution in [0.5, 0.6) is 0 Å². The molecule has 0 spiro atoms. The lowest BCUT2D eigenvalue weighted by Gasteiger charge is -2.11. The minimum absolute atomic E-state index is 0. The third-order valence-electron chi connectivity index (χ3n) is 2.68. The van der Waals surface area contributed by atoms with Crippen molar-refractivity contribution in [3.05, 3.63) is 30.3 Å². The van der Waals surface area contributed by atoms with E-state index in [-0.39, 0.29) is 29.7 Å². The van der Waals surface area contributed by atoms with Gasteiger partial charge in [0.25, 0.3) is 0 Å². The highest BCUT2D eigenvalue weighted by atomic mass is 127. The van der Waals surface area contributed by atoms with E-state index in [4.69, 9.17) is 4.74 Å². The maximum atomic E-state index is 12.1. The van der Waals surface area contributed by atoms with Crippen molar-refractivity contribution in [1.82, 2.24) is 10.6 Å². The summed E-state index contributed by atoms with van der Waals surface area (Å²) in [4.78, 5) is 4.61. The molecule has 6 nitrogen and oxygen atoms in total. The topological polar surface area (TPSA) is 79.8 Å². The van der Waals surface area contributed by atoms with Gasteiger partial charge in [-0.2, -0.15) is 0 Å². The maximum absolute atomic E-state index is 12.1. The van der Waals surface area contributed by atoms with Crippen LogP contribution in [0.25, 0.3) is 0 Å². The highest BCUT2D eigenvalue weighted by Gasteiger charge is 2.13. The first-order valence-electron chi connectivity index (χ1n) is 6.89. The van der Waals surface area contributed by atoms with Crippen LogP contribution in [0.4, 0.5) is 0 Å². The van der Waals surface area contributed by atoms with E-state index in [1.807, 2.05) is 6.92 Å². The fourth-order valence-corrected chi connectivity index (χ4v) is 2.82. The summed E-state index contributed by atoms with van der Waals surface area (Å²) in [6.45, 7) is 4.02. The number of halogens is 1. The summed E-state index contributed by atoms with van der Waals surface area (Å²) in [6.07, 6.45) is 0. The van der Waals surface area contributed by atoms with Crippen LogP contribution in [0.3, 0.4) is 0 Å². The van der Waals surface area contributed by atoms with Crippen molar-refractivity contribution in [1.29, 1.82) is 0 Å². The fraction of sp³-hybridized carbons (Fsp3) is 0.500. The average Bonchev–Trinajstić information content (AvgIpc) is 2.48. The number of nitrogens with zero attached hydrogens (tertiary/aromatic N) is 1. The lowest BCUT2D eigenvalue weighted by molar-refractivity contribution is 0.208. The first-order chi connectivity index (χ1) is 10.1. The molecule has 22 heavy (non-hydrogen) atoms. The van der Waals surface area contributed by atoms with Crippen molar-refractivity contribution in [2.75, 3.05) is 39.1 Å². The van der Waals surface area contributed by atoms with E-state index in [2.05, 4.69) is 15.6 Å². The number of ether oxygens (including phenoxy) is 1. The van der Waals surface area contributed by atoms with E-state index in [1.165, 1.54) is 0 Å². The van der Waals surface area contributed by atoms with Gasteiger partial charge in [0.1, 0.15) is 0 Å². The number of aliphatic imine (C=N–C) groups is 1. The van der Waals surface area contributed by atoms with Gasteiger partial charge in [0.05, 0.1) is 23.8 Å². The molecule has 1 aromatic carbocycles. The zero-order valence-corrected chi connectivity index (χ0v) is 16.1. The molecule has 0 saturated heterocycles. The van der Waals surface area contributed by atoms with Crippen molar-refractivity contribution < 1.29 is 13.2 Å². The third kappa shape index (κ3) is 7.95. The van der Waals surface area contributed by atoms with E-state index < -0.39 is 9.84 Å². The SMILES string of the molecule is CCNC(=NCCOC)NCCS(=O)(=O)c1ccccc1.I. The molecule has 0 amide bonds. The van der Waals surface area contributed by atoms with E-state index in [1.54, 1.807) is 37.4 Å². The van der Waals surface area contributed by atoms with Crippen molar-refractivity contribution in [3.8, 4) is 0 Å². The van der Waals surface area contributed by atoms with Gasteiger partial charge in [-0.15, -0.1) is 24.0 Å². The zero-order valence-electron chi connectivity index (χ0n) is 12.9. The van der Waals surface area contributed by atoms with Crippen LogP contribution >= 0.6 is 24.0 Å². The van der Waals surface area contributed by atoms with Crippen LogP contribution in [-0.4, -0.2) is 53.5 Å². The summed E-state index contributed by atoms with van der Waals surface area (Å²) in [5.41, 5.74) is 0. The molecule has 1 rings (SSSR count). The number of hydrogen-bond donors (Lipinski definition) is 2. The van der Waals surface area contributed by atoms with Crippen LogP contribution < -0.4 is 10.6 Å². The van der Waals surface area contributed by atoms with Crippen LogP contribution in [0.2, 0.25) is 0 Å². The van der Waals surface area contributed by atoms with Crippen molar-refractivity contribution in [2.24, 2.45) is 4.99 Å². The Morgan fingerprint density at radius 2 is 1.91 bits per heavy atom. The maximum Gasteiger partial charge on any atom is 0.191 e. The molecule has 0 unspecified atom stereocenters. The lowest BCUT2D eigenvalue weighted by Crippen LogP contribution is -2.39. The van der Waals surface area contributed by atoms with Crippen LogP contribution in [0.15, 0.2) is 40.2 Å². The molecule has 0 saturated carbocycles. The summed E-state index contributed by atoms with van der Waals surface area (Å²) in [6, 6.07) is 8.44. The number of guanidine groups is 1. The lowest BCUT2D eigenvalue weighted by atomic mass is 10.4. The number of rotatable bonds is 8. The molecule has 1 aromatic rings. The molecule has 0 heterocycles. The number of benzene rings is 1. The Kier molecular flexibility index (Phi) is 11.2. The predicted molar refractivity (Wildman–Crippen MR) is 99.8 cm³/mol. The molecule has 0 atom stereocenters. The smallest absolute Gasteiger partial charge is 0.191 e. The van der Waals surface area contributed by atoms with Gasteiger partial charge in [-0.3, -0.25) is 4.99 Å². The van der Waals surface area contributed by atoms with Crippen molar-refractivity contribution >= 4 is 39.8 Å². The molecule has 0 aromatic heterocycles. The Morgan fingerprint density at radius 1 is 1.23 bits per heavy atom. The Morgan fingerprint density at radius 3 is 2.50 bits per heavy atom. The number of methoxy groups -OCH3 is 1. The molecule has 0 aliphatic carbocycles. The molecule has 0 aliphatic rings. The molecular weight excluding hydrogens is 417 g/mol.